The predicted octanol–water partition coefficient (Wildman–Crippen LogP) is 2.87. The van der Waals surface area contributed by atoms with Crippen molar-refractivity contribution in [1.29, 1.82) is 5.26 Å². The van der Waals surface area contributed by atoms with Crippen LogP contribution in [0.3, 0.4) is 0 Å². The molecule has 1 heterocycles. The molecule has 1 atom stereocenters. The van der Waals surface area contributed by atoms with Gasteiger partial charge < -0.3 is 9.47 Å². The van der Waals surface area contributed by atoms with E-state index in [1.165, 1.54) is 0 Å². The second kappa shape index (κ2) is 6.15. The monoisotopic (exact) mass is 288 g/mol. The van der Waals surface area contributed by atoms with Crippen LogP contribution in [-0.2, 0) is 9.47 Å². The van der Waals surface area contributed by atoms with Gasteiger partial charge in [-0.05, 0) is 38.5 Å². The third kappa shape index (κ3) is 3.96. The van der Waals surface area contributed by atoms with Crippen LogP contribution in [0.4, 0.5) is 4.79 Å². The first-order valence-corrected chi connectivity index (χ1v) is 6.98. The first kappa shape index (κ1) is 15.3. The lowest BCUT2D eigenvalue weighted by atomic mass is 10.0. The van der Waals surface area contributed by atoms with Gasteiger partial charge in [0, 0.05) is 6.54 Å². The molecule has 1 amide bonds. The first-order valence-electron chi connectivity index (χ1n) is 6.98. The highest BCUT2D eigenvalue weighted by Crippen LogP contribution is 2.26. The van der Waals surface area contributed by atoms with Crippen LogP contribution in [0, 0.1) is 11.3 Å². The van der Waals surface area contributed by atoms with Gasteiger partial charge in [-0.15, -0.1) is 0 Å². The zero-order chi connectivity index (χ0) is 15.5. The molecule has 5 heteroatoms. The Hall–Kier alpha value is -2.06. The molecule has 0 bridgehead atoms. The van der Waals surface area contributed by atoms with Crippen LogP contribution in [0.5, 0.6) is 0 Å². The number of carbonyl (C=O) groups excluding carboxylic acids is 1. The molecule has 0 aromatic heterocycles. The van der Waals surface area contributed by atoms with Crippen LogP contribution < -0.4 is 0 Å². The highest BCUT2D eigenvalue weighted by molar-refractivity contribution is 5.69. The summed E-state index contributed by atoms with van der Waals surface area (Å²) in [6.45, 7) is 6.99. The van der Waals surface area contributed by atoms with E-state index in [0.29, 0.717) is 25.3 Å². The van der Waals surface area contributed by atoms with Crippen molar-refractivity contribution in [2.24, 2.45) is 0 Å². The predicted molar refractivity (Wildman–Crippen MR) is 77.7 cm³/mol. The van der Waals surface area contributed by atoms with E-state index in [2.05, 4.69) is 6.07 Å². The van der Waals surface area contributed by atoms with Gasteiger partial charge in [-0.2, -0.15) is 5.26 Å². The smallest absolute Gasteiger partial charge is 0.410 e. The molecule has 1 aromatic rings. The Labute approximate surface area is 125 Å². The van der Waals surface area contributed by atoms with Gasteiger partial charge in [0.1, 0.15) is 5.60 Å². The van der Waals surface area contributed by atoms with Crippen molar-refractivity contribution in [3.63, 3.8) is 0 Å². The standard InChI is InChI=1S/C16H20N2O3/c1-16(2,3)21-15(19)18-8-9-20-11-14(18)13-6-4-12(10-17)5-7-13/h4-7,14H,8-9,11H2,1-3H3/t14-/m0/s1. The first-order chi connectivity index (χ1) is 9.90. The highest BCUT2D eigenvalue weighted by atomic mass is 16.6. The third-order valence-electron chi connectivity index (χ3n) is 3.18. The number of carbonyl (C=O) groups is 1. The molecule has 1 aromatic carbocycles. The summed E-state index contributed by atoms with van der Waals surface area (Å²) in [5.74, 6) is 0. The van der Waals surface area contributed by atoms with E-state index in [9.17, 15) is 4.79 Å². The van der Waals surface area contributed by atoms with Gasteiger partial charge in [-0.25, -0.2) is 4.79 Å². The lowest BCUT2D eigenvalue weighted by Gasteiger charge is -2.36. The van der Waals surface area contributed by atoms with Gasteiger partial charge in [-0.1, -0.05) is 12.1 Å². The van der Waals surface area contributed by atoms with E-state index < -0.39 is 5.60 Å². The maximum absolute atomic E-state index is 12.3. The van der Waals surface area contributed by atoms with Crippen LogP contribution >= 0.6 is 0 Å². The van der Waals surface area contributed by atoms with E-state index in [1.807, 2.05) is 32.9 Å². The summed E-state index contributed by atoms with van der Waals surface area (Å²) in [6, 6.07) is 9.11. The SMILES string of the molecule is CC(C)(C)OC(=O)N1CCOC[C@H]1c1ccc(C#N)cc1. The van der Waals surface area contributed by atoms with Gasteiger partial charge in [0.2, 0.25) is 0 Å². The van der Waals surface area contributed by atoms with Crippen molar-refractivity contribution in [3.05, 3.63) is 35.4 Å². The number of ether oxygens (including phenoxy) is 2. The maximum Gasteiger partial charge on any atom is 0.410 e. The fourth-order valence-corrected chi connectivity index (χ4v) is 2.20. The van der Waals surface area contributed by atoms with Crippen molar-refractivity contribution in [3.8, 4) is 6.07 Å². The van der Waals surface area contributed by atoms with Crippen LogP contribution in [0.15, 0.2) is 24.3 Å². The molecule has 21 heavy (non-hydrogen) atoms. The van der Waals surface area contributed by atoms with Gasteiger partial charge in [0.15, 0.2) is 0 Å². The summed E-state index contributed by atoms with van der Waals surface area (Å²) < 4.78 is 10.9. The van der Waals surface area contributed by atoms with E-state index in [1.54, 1.807) is 17.0 Å². The number of nitrogens with zero attached hydrogens (tertiary/aromatic N) is 2. The Morgan fingerprint density at radius 3 is 2.62 bits per heavy atom. The molecule has 1 fully saturated rings. The summed E-state index contributed by atoms with van der Waals surface area (Å²) >= 11 is 0. The number of hydrogen-bond donors (Lipinski definition) is 0. The Bertz CT molecular complexity index is 540. The molecule has 112 valence electrons. The number of hydrogen-bond acceptors (Lipinski definition) is 4. The lowest BCUT2D eigenvalue weighted by molar-refractivity contribution is -0.0331. The number of amides is 1. The maximum atomic E-state index is 12.3. The van der Waals surface area contributed by atoms with Gasteiger partial charge in [-0.3, -0.25) is 4.90 Å². The number of benzene rings is 1. The second-order valence-corrected chi connectivity index (χ2v) is 6.00. The summed E-state index contributed by atoms with van der Waals surface area (Å²) in [5, 5.41) is 8.85. The topological polar surface area (TPSA) is 62.6 Å². The molecule has 0 saturated carbocycles. The van der Waals surface area contributed by atoms with Crippen LogP contribution in [0.25, 0.3) is 0 Å². The Balaban J connectivity index is 2.18. The fraction of sp³-hybridized carbons (Fsp3) is 0.500. The van der Waals surface area contributed by atoms with E-state index in [4.69, 9.17) is 14.7 Å². The third-order valence-corrected chi connectivity index (χ3v) is 3.18. The van der Waals surface area contributed by atoms with Crippen molar-refractivity contribution < 1.29 is 14.3 Å². The summed E-state index contributed by atoms with van der Waals surface area (Å²) in [4.78, 5) is 14.0. The minimum absolute atomic E-state index is 0.179. The van der Waals surface area contributed by atoms with Crippen molar-refractivity contribution in [2.75, 3.05) is 19.8 Å². The average molecular weight is 288 g/mol. The van der Waals surface area contributed by atoms with Gasteiger partial charge in [0.25, 0.3) is 0 Å². The van der Waals surface area contributed by atoms with Crippen molar-refractivity contribution in [2.45, 2.75) is 32.4 Å². The Morgan fingerprint density at radius 1 is 1.38 bits per heavy atom. The minimum Gasteiger partial charge on any atom is -0.444 e. The van der Waals surface area contributed by atoms with Crippen molar-refractivity contribution >= 4 is 6.09 Å². The minimum atomic E-state index is -0.523. The molecular formula is C16H20N2O3. The molecule has 1 aliphatic heterocycles. The molecule has 0 aliphatic carbocycles. The molecule has 1 saturated heterocycles. The molecule has 2 rings (SSSR count). The molecule has 0 unspecified atom stereocenters. The zero-order valence-corrected chi connectivity index (χ0v) is 12.6. The highest BCUT2D eigenvalue weighted by Gasteiger charge is 2.31. The molecule has 0 radical (unpaired) electrons. The van der Waals surface area contributed by atoms with Gasteiger partial charge >= 0.3 is 6.09 Å². The quantitative estimate of drug-likeness (QED) is 0.797. The summed E-state index contributed by atoms with van der Waals surface area (Å²) in [6.07, 6.45) is -0.333. The van der Waals surface area contributed by atoms with Crippen LogP contribution in [0.2, 0.25) is 0 Å². The summed E-state index contributed by atoms with van der Waals surface area (Å²) in [5.41, 5.74) is 1.02. The normalized spacial score (nSPS) is 19.0. The fourth-order valence-electron chi connectivity index (χ4n) is 2.20. The van der Waals surface area contributed by atoms with Crippen LogP contribution in [0.1, 0.15) is 37.9 Å². The molecule has 1 aliphatic rings. The van der Waals surface area contributed by atoms with E-state index in [-0.39, 0.29) is 12.1 Å². The largest absolute Gasteiger partial charge is 0.444 e. The van der Waals surface area contributed by atoms with Gasteiger partial charge in [0.05, 0.1) is 30.9 Å². The molecule has 0 N–H and O–H groups in total. The number of morpholine rings is 1. The zero-order valence-electron chi connectivity index (χ0n) is 12.6. The Kier molecular flexibility index (Phi) is 4.49. The number of rotatable bonds is 1. The Morgan fingerprint density at radius 2 is 2.05 bits per heavy atom. The van der Waals surface area contributed by atoms with E-state index >= 15 is 0 Å². The van der Waals surface area contributed by atoms with Crippen LogP contribution in [-0.4, -0.2) is 36.4 Å². The molecule has 0 spiro atoms. The molecular weight excluding hydrogens is 268 g/mol. The van der Waals surface area contributed by atoms with Crippen molar-refractivity contribution in [1.82, 2.24) is 4.90 Å². The number of nitriles is 1. The lowest BCUT2D eigenvalue weighted by Crippen LogP contribution is -2.45. The second-order valence-electron chi connectivity index (χ2n) is 6.00. The molecule has 5 nitrogen and oxygen atoms in total. The van der Waals surface area contributed by atoms with E-state index in [0.717, 1.165) is 5.56 Å². The average Bonchev–Trinajstić information content (AvgIpc) is 2.45. The summed E-state index contributed by atoms with van der Waals surface area (Å²) in [7, 11) is 0.